The maximum Gasteiger partial charge on any atom is 0.135 e. The van der Waals surface area contributed by atoms with Crippen molar-refractivity contribution in [1.82, 2.24) is 0 Å². The molecule has 0 saturated carbocycles. The number of hydrogen-bond acceptors (Lipinski definition) is 3. The fourth-order valence-corrected chi connectivity index (χ4v) is 0.235. The average molecular weight is 128 g/mol. The fourth-order valence-electron chi connectivity index (χ4n) is 0.235. The third kappa shape index (κ3) is 7.17. The van der Waals surface area contributed by atoms with Crippen LogP contribution in [0.1, 0.15) is 6.92 Å². The minimum absolute atomic E-state index is 0.0465. The standard InChI is InChI=1S/C6H12N2O/c1-3-4-9-8-5-6(2)7/h3,5-6H,1,4,7H2,2H3. The summed E-state index contributed by atoms with van der Waals surface area (Å²) in [5, 5.41) is 3.54. The molecule has 0 aromatic heterocycles. The van der Waals surface area contributed by atoms with Gasteiger partial charge in [-0.05, 0) is 6.92 Å². The van der Waals surface area contributed by atoms with Gasteiger partial charge in [0, 0.05) is 6.04 Å². The minimum Gasteiger partial charge on any atom is -0.392 e. The molecular weight excluding hydrogens is 116 g/mol. The second-order valence-electron chi connectivity index (χ2n) is 1.70. The summed E-state index contributed by atoms with van der Waals surface area (Å²) in [5.41, 5.74) is 5.32. The lowest BCUT2D eigenvalue weighted by molar-refractivity contribution is 0.175. The van der Waals surface area contributed by atoms with Gasteiger partial charge in [0.25, 0.3) is 0 Å². The zero-order valence-corrected chi connectivity index (χ0v) is 5.58. The molecule has 52 valence electrons. The Hall–Kier alpha value is -0.830. The van der Waals surface area contributed by atoms with Crippen LogP contribution in [0.25, 0.3) is 0 Å². The molecular formula is C6H12N2O. The van der Waals surface area contributed by atoms with E-state index >= 15 is 0 Å². The molecule has 0 aliphatic rings. The Morgan fingerprint density at radius 1 is 1.89 bits per heavy atom. The van der Waals surface area contributed by atoms with Crippen molar-refractivity contribution >= 4 is 6.21 Å². The lowest BCUT2D eigenvalue weighted by atomic mass is 10.4. The van der Waals surface area contributed by atoms with Crippen LogP contribution in [0.4, 0.5) is 0 Å². The Morgan fingerprint density at radius 3 is 3.00 bits per heavy atom. The van der Waals surface area contributed by atoms with Gasteiger partial charge in [0.05, 0.1) is 6.21 Å². The monoisotopic (exact) mass is 128 g/mol. The van der Waals surface area contributed by atoms with Gasteiger partial charge in [-0.1, -0.05) is 17.8 Å². The Bertz CT molecular complexity index is 99.2. The molecule has 1 unspecified atom stereocenters. The van der Waals surface area contributed by atoms with Crippen molar-refractivity contribution < 1.29 is 4.84 Å². The van der Waals surface area contributed by atoms with Gasteiger partial charge < -0.3 is 10.6 Å². The van der Waals surface area contributed by atoms with E-state index in [4.69, 9.17) is 5.73 Å². The van der Waals surface area contributed by atoms with Crippen LogP contribution in [0.3, 0.4) is 0 Å². The zero-order chi connectivity index (χ0) is 7.11. The molecule has 0 aliphatic carbocycles. The van der Waals surface area contributed by atoms with Crippen molar-refractivity contribution in [2.75, 3.05) is 6.61 Å². The number of hydrogen-bond donors (Lipinski definition) is 1. The van der Waals surface area contributed by atoms with Gasteiger partial charge in [0.15, 0.2) is 0 Å². The summed E-state index contributed by atoms with van der Waals surface area (Å²) >= 11 is 0. The largest absolute Gasteiger partial charge is 0.392 e. The predicted molar refractivity (Wildman–Crippen MR) is 38.3 cm³/mol. The smallest absolute Gasteiger partial charge is 0.135 e. The molecule has 0 heterocycles. The molecule has 0 radical (unpaired) electrons. The number of rotatable bonds is 4. The highest BCUT2D eigenvalue weighted by Crippen LogP contribution is 1.75. The molecule has 0 bridgehead atoms. The molecule has 9 heavy (non-hydrogen) atoms. The molecule has 0 aromatic rings. The first-order valence-electron chi connectivity index (χ1n) is 2.79. The van der Waals surface area contributed by atoms with Crippen molar-refractivity contribution in [2.24, 2.45) is 10.9 Å². The molecule has 0 aromatic carbocycles. The van der Waals surface area contributed by atoms with Gasteiger partial charge in [0.1, 0.15) is 6.61 Å². The lowest BCUT2D eigenvalue weighted by Gasteiger charge is -1.93. The summed E-state index contributed by atoms with van der Waals surface area (Å²) in [6.07, 6.45) is 3.15. The average Bonchev–Trinajstić information content (AvgIpc) is 1.80. The number of nitrogens with two attached hydrogens (primary N) is 1. The highest BCUT2D eigenvalue weighted by Gasteiger charge is 1.82. The fraction of sp³-hybridized carbons (Fsp3) is 0.500. The maximum absolute atomic E-state index is 5.32. The van der Waals surface area contributed by atoms with E-state index < -0.39 is 0 Å². The quantitative estimate of drug-likeness (QED) is 0.260. The SMILES string of the molecule is C=CCON=CC(C)N. The summed E-state index contributed by atoms with van der Waals surface area (Å²) in [7, 11) is 0. The summed E-state index contributed by atoms with van der Waals surface area (Å²) < 4.78 is 0. The first-order valence-corrected chi connectivity index (χ1v) is 2.79. The molecule has 1 atom stereocenters. The van der Waals surface area contributed by atoms with Crippen LogP contribution in [0.15, 0.2) is 17.8 Å². The van der Waals surface area contributed by atoms with E-state index in [1.165, 1.54) is 6.21 Å². The topological polar surface area (TPSA) is 47.6 Å². The van der Waals surface area contributed by atoms with Gasteiger partial charge in [-0.3, -0.25) is 0 Å². The third-order valence-corrected chi connectivity index (χ3v) is 0.563. The maximum atomic E-state index is 5.32. The molecule has 2 N–H and O–H groups in total. The number of oxime groups is 1. The van der Waals surface area contributed by atoms with E-state index in [-0.39, 0.29) is 6.04 Å². The molecule has 0 fully saturated rings. The molecule has 0 spiro atoms. The van der Waals surface area contributed by atoms with Crippen LogP contribution in [-0.2, 0) is 4.84 Å². The van der Waals surface area contributed by atoms with E-state index in [0.29, 0.717) is 6.61 Å². The van der Waals surface area contributed by atoms with E-state index in [1.807, 2.05) is 6.92 Å². The summed E-state index contributed by atoms with van der Waals surface area (Å²) in [6.45, 7) is 5.70. The Kier molecular flexibility index (Phi) is 4.82. The minimum atomic E-state index is -0.0465. The van der Waals surface area contributed by atoms with Gasteiger partial charge in [-0.25, -0.2) is 0 Å². The highest BCUT2D eigenvalue weighted by molar-refractivity contribution is 5.62. The highest BCUT2D eigenvalue weighted by atomic mass is 16.6. The second-order valence-corrected chi connectivity index (χ2v) is 1.70. The van der Waals surface area contributed by atoms with E-state index in [1.54, 1.807) is 6.08 Å². The van der Waals surface area contributed by atoms with Gasteiger partial charge >= 0.3 is 0 Å². The van der Waals surface area contributed by atoms with Crippen LogP contribution < -0.4 is 5.73 Å². The van der Waals surface area contributed by atoms with Crippen molar-refractivity contribution in [1.29, 1.82) is 0 Å². The molecule has 3 heteroatoms. The third-order valence-electron chi connectivity index (χ3n) is 0.563. The van der Waals surface area contributed by atoms with Crippen LogP contribution >= 0.6 is 0 Å². The van der Waals surface area contributed by atoms with Crippen molar-refractivity contribution in [3.05, 3.63) is 12.7 Å². The van der Waals surface area contributed by atoms with Crippen LogP contribution in [0.5, 0.6) is 0 Å². The molecule has 3 nitrogen and oxygen atoms in total. The van der Waals surface area contributed by atoms with Gasteiger partial charge in [0.2, 0.25) is 0 Å². The van der Waals surface area contributed by atoms with Crippen LogP contribution in [0, 0.1) is 0 Å². The molecule has 0 rings (SSSR count). The number of nitrogens with zero attached hydrogens (tertiary/aromatic N) is 1. The summed E-state index contributed by atoms with van der Waals surface area (Å²) in [5.74, 6) is 0. The van der Waals surface area contributed by atoms with Crippen LogP contribution in [0.2, 0.25) is 0 Å². The van der Waals surface area contributed by atoms with Crippen molar-refractivity contribution in [2.45, 2.75) is 13.0 Å². The van der Waals surface area contributed by atoms with E-state index in [2.05, 4.69) is 16.6 Å². The Morgan fingerprint density at radius 2 is 2.56 bits per heavy atom. The normalized spacial score (nSPS) is 13.6. The second kappa shape index (κ2) is 5.31. The molecule has 0 amide bonds. The summed E-state index contributed by atoms with van der Waals surface area (Å²) in [6, 6.07) is -0.0465. The zero-order valence-electron chi connectivity index (χ0n) is 5.58. The first-order chi connectivity index (χ1) is 4.27. The predicted octanol–water partition coefficient (Wildman–Crippen LogP) is 0.522. The van der Waals surface area contributed by atoms with Gasteiger partial charge in [-0.2, -0.15) is 0 Å². The Labute approximate surface area is 55.2 Å². The molecule has 0 aliphatic heterocycles. The van der Waals surface area contributed by atoms with Crippen molar-refractivity contribution in [3.8, 4) is 0 Å². The van der Waals surface area contributed by atoms with E-state index in [0.717, 1.165) is 0 Å². The van der Waals surface area contributed by atoms with Gasteiger partial charge in [-0.15, -0.1) is 0 Å². The first kappa shape index (κ1) is 8.17. The Balaban J connectivity index is 3.14. The van der Waals surface area contributed by atoms with Crippen molar-refractivity contribution in [3.63, 3.8) is 0 Å². The summed E-state index contributed by atoms with van der Waals surface area (Å²) in [4.78, 5) is 4.66. The van der Waals surface area contributed by atoms with E-state index in [9.17, 15) is 0 Å². The van der Waals surface area contributed by atoms with Crippen LogP contribution in [-0.4, -0.2) is 18.9 Å². The lowest BCUT2D eigenvalue weighted by Crippen LogP contribution is -2.15. The molecule has 0 saturated heterocycles.